The highest BCUT2D eigenvalue weighted by Gasteiger charge is 2.19. The van der Waals surface area contributed by atoms with Crippen LogP contribution in [0.4, 0.5) is 4.39 Å². The normalized spacial score (nSPS) is 11.0. The number of aryl methyl sites for hydroxylation is 1. The van der Waals surface area contributed by atoms with Gasteiger partial charge in [0, 0.05) is 14.1 Å². The maximum absolute atomic E-state index is 14.8. The van der Waals surface area contributed by atoms with Crippen molar-refractivity contribution in [2.75, 3.05) is 20.7 Å². The number of ether oxygens (including phenoxy) is 1. The lowest BCUT2D eigenvalue weighted by atomic mass is 9.94. The van der Waals surface area contributed by atoms with E-state index in [4.69, 9.17) is 16.3 Å². The molecule has 1 amide bonds. The number of halogens is 2. The summed E-state index contributed by atoms with van der Waals surface area (Å²) < 4.78 is 20.2. The van der Waals surface area contributed by atoms with Crippen molar-refractivity contribution in [3.63, 3.8) is 0 Å². The molecule has 4 nitrogen and oxygen atoms in total. The van der Waals surface area contributed by atoms with E-state index >= 15 is 0 Å². The summed E-state index contributed by atoms with van der Waals surface area (Å²) in [4.78, 5) is 13.1. The molecule has 0 unspecified atom stereocenters. The Hall–Kier alpha value is -2.27. The van der Waals surface area contributed by atoms with Crippen LogP contribution in [-0.2, 0) is 17.6 Å². The third-order valence-corrected chi connectivity index (χ3v) is 5.09. The van der Waals surface area contributed by atoms with Crippen molar-refractivity contribution in [1.29, 1.82) is 0 Å². The van der Waals surface area contributed by atoms with Crippen LogP contribution in [0.5, 0.6) is 11.5 Å². The molecule has 1 N–H and O–H groups in total. The molecule has 0 heterocycles. The number of phenolic OH excluding ortho intramolecular Hbond substituents is 1. The lowest BCUT2D eigenvalue weighted by Crippen LogP contribution is -2.27. The number of carbonyl (C=O) groups excluding carboxylic acids is 1. The van der Waals surface area contributed by atoms with Gasteiger partial charge in [0.15, 0.2) is 18.2 Å². The Morgan fingerprint density at radius 3 is 2.54 bits per heavy atom. The molecule has 0 fully saturated rings. The van der Waals surface area contributed by atoms with Gasteiger partial charge in [0.2, 0.25) is 0 Å². The Balaban J connectivity index is 2.36. The predicted molar refractivity (Wildman–Crippen MR) is 110 cm³/mol. The van der Waals surface area contributed by atoms with E-state index in [1.165, 1.54) is 4.90 Å². The first-order valence-corrected chi connectivity index (χ1v) is 9.67. The number of amides is 1. The van der Waals surface area contributed by atoms with Crippen LogP contribution in [0.15, 0.2) is 24.3 Å². The van der Waals surface area contributed by atoms with Crippen molar-refractivity contribution in [2.24, 2.45) is 0 Å². The molecule has 0 aliphatic heterocycles. The van der Waals surface area contributed by atoms with Crippen LogP contribution in [0.3, 0.4) is 0 Å². The van der Waals surface area contributed by atoms with E-state index in [1.807, 2.05) is 32.9 Å². The number of aromatic hydroxyl groups is 1. The highest BCUT2D eigenvalue weighted by Crippen LogP contribution is 2.34. The number of hydrogen-bond donors (Lipinski definition) is 1. The summed E-state index contributed by atoms with van der Waals surface area (Å²) in [5.74, 6) is -0.524. The zero-order valence-corrected chi connectivity index (χ0v) is 17.7. The van der Waals surface area contributed by atoms with E-state index in [1.54, 1.807) is 26.2 Å². The average molecular weight is 408 g/mol. The Bertz CT molecular complexity index is 865. The van der Waals surface area contributed by atoms with Gasteiger partial charge >= 0.3 is 0 Å². The fourth-order valence-corrected chi connectivity index (χ4v) is 3.23. The first-order valence-electron chi connectivity index (χ1n) is 9.30. The van der Waals surface area contributed by atoms with Crippen LogP contribution in [0.1, 0.15) is 48.9 Å². The van der Waals surface area contributed by atoms with Gasteiger partial charge in [-0.3, -0.25) is 4.79 Å². The van der Waals surface area contributed by atoms with Crippen molar-refractivity contribution < 1.29 is 19.0 Å². The Kier molecular flexibility index (Phi) is 7.30. The van der Waals surface area contributed by atoms with E-state index < -0.39 is 5.82 Å². The molecule has 0 aliphatic rings. The van der Waals surface area contributed by atoms with Crippen molar-refractivity contribution in [3.05, 3.63) is 57.4 Å². The number of phenols is 1. The lowest BCUT2D eigenvalue weighted by molar-refractivity contribution is -0.130. The molecule has 0 aliphatic carbocycles. The second-order valence-corrected chi connectivity index (χ2v) is 7.67. The summed E-state index contributed by atoms with van der Waals surface area (Å²) in [6.45, 7) is 5.71. The highest BCUT2D eigenvalue weighted by atomic mass is 35.5. The minimum absolute atomic E-state index is 0.00539. The molecule has 0 bridgehead atoms. The summed E-state index contributed by atoms with van der Waals surface area (Å²) in [6, 6.07) is 7.01. The van der Waals surface area contributed by atoms with Crippen LogP contribution >= 0.6 is 11.6 Å². The average Bonchev–Trinajstić information content (AvgIpc) is 2.65. The number of carbonyl (C=O) groups is 1. The standard InChI is InChI=1S/C22H27ClFNO3/c1-6-15-11-19(28-12-20(27)25(4)5)22(24)21(23)17(15)10-14-7-8-18(26)16(9-14)13(2)3/h7-9,11,13,26H,6,10,12H2,1-5H3. The van der Waals surface area contributed by atoms with Crippen molar-refractivity contribution in [3.8, 4) is 11.5 Å². The predicted octanol–water partition coefficient (Wildman–Crippen LogP) is 4.93. The molecule has 0 saturated heterocycles. The zero-order valence-electron chi connectivity index (χ0n) is 17.0. The third kappa shape index (κ3) is 4.96. The SMILES string of the molecule is CCc1cc(OCC(=O)N(C)C)c(F)c(Cl)c1Cc1ccc(O)c(C(C)C)c1. The number of rotatable bonds is 7. The van der Waals surface area contributed by atoms with Gasteiger partial charge in [0.05, 0.1) is 5.02 Å². The molecule has 28 heavy (non-hydrogen) atoms. The lowest BCUT2D eigenvalue weighted by Gasteiger charge is -2.17. The summed E-state index contributed by atoms with van der Waals surface area (Å²) >= 11 is 6.34. The van der Waals surface area contributed by atoms with Crippen molar-refractivity contribution in [2.45, 2.75) is 39.5 Å². The van der Waals surface area contributed by atoms with Crippen LogP contribution in [0.2, 0.25) is 5.02 Å². The first kappa shape index (κ1) is 22.0. The number of likely N-dealkylation sites (N-methyl/N-ethyl adjacent to an activating group) is 1. The van der Waals surface area contributed by atoms with E-state index in [-0.39, 0.29) is 35.0 Å². The quantitative estimate of drug-likeness (QED) is 0.708. The highest BCUT2D eigenvalue weighted by molar-refractivity contribution is 6.31. The summed E-state index contributed by atoms with van der Waals surface area (Å²) in [5, 5.41) is 10.0. The molecule has 0 radical (unpaired) electrons. The van der Waals surface area contributed by atoms with Crippen LogP contribution in [-0.4, -0.2) is 36.6 Å². The second kappa shape index (κ2) is 9.28. The second-order valence-electron chi connectivity index (χ2n) is 7.30. The van der Waals surface area contributed by atoms with E-state index in [9.17, 15) is 14.3 Å². The molecular weight excluding hydrogens is 381 g/mol. The van der Waals surface area contributed by atoms with Gasteiger partial charge in [-0.2, -0.15) is 0 Å². The fraction of sp³-hybridized carbons (Fsp3) is 0.409. The molecule has 152 valence electrons. The molecule has 2 aromatic rings. The van der Waals surface area contributed by atoms with Gasteiger partial charge in [0.25, 0.3) is 5.91 Å². The number of benzene rings is 2. The largest absolute Gasteiger partial charge is 0.508 e. The smallest absolute Gasteiger partial charge is 0.259 e. The molecule has 2 aromatic carbocycles. The van der Waals surface area contributed by atoms with Gasteiger partial charge in [0.1, 0.15) is 5.75 Å². The minimum Gasteiger partial charge on any atom is -0.508 e. The van der Waals surface area contributed by atoms with Crippen LogP contribution in [0, 0.1) is 5.82 Å². The topological polar surface area (TPSA) is 49.8 Å². The summed E-state index contributed by atoms with van der Waals surface area (Å²) in [6.07, 6.45) is 1.08. The summed E-state index contributed by atoms with van der Waals surface area (Å²) in [7, 11) is 3.22. The van der Waals surface area contributed by atoms with E-state index in [0.717, 1.165) is 16.7 Å². The molecule has 6 heteroatoms. The first-order chi connectivity index (χ1) is 13.1. The Morgan fingerprint density at radius 1 is 1.29 bits per heavy atom. The van der Waals surface area contributed by atoms with E-state index in [0.29, 0.717) is 18.4 Å². The minimum atomic E-state index is -0.664. The fourth-order valence-electron chi connectivity index (χ4n) is 2.95. The Morgan fingerprint density at radius 2 is 1.96 bits per heavy atom. The number of nitrogens with zero attached hydrogens (tertiary/aromatic N) is 1. The van der Waals surface area contributed by atoms with Gasteiger partial charge < -0.3 is 14.7 Å². The molecule has 0 atom stereocenters. The summed E-state index contributed by atoms with van der Waals surface area (Å²) in [5.41, 5.74) is 3.33. The molecule has 0 saturated carbocycles. The molecule has 0 aromatic heterocycles. The van der Waals surface area contributed by atoms with Crippen molar-refractivity contribution in [1.82, 2.24) is 4.90 Å². The molecule has 2 rings (SSSR count). The maximum atomic E-state index is 14.8. The van der Waals surface area contributed by atoms with Crippen molar-refractivity contribution >= 4 is 17.5 Å². The number of hydrogen-bond acceptors (Lipinski definition) is 3. The molecular formula is C22H27ClFNO3. The third-order valence-electron chi connectivity index (χ3n) is 4.69. The molecule has 0 spiro atoms. The van der Waals surface area contributed by atoms with Gasteiger partial charge in [-0.15, -0.1) is 0 Å². The van der Waals surface area contributed by atoms with Gasteiger partial charge in [-0.25, -0.2) is 4.39 Å². The van der Waals surface area contributed by atoms with Gasteiger partial charge in [-0.1, -0.05) is 44.5 Å². The maximum Gasteiger partial charge on any atom is 0.259 e. The van der Waals surface area contributed by atoms with Gasteiger partial charge in [-0.05, 0) is 53.1 Å². The zero-order chi connectivity index (χ0) is 21.0. The van der Waals surface area contributed by atoms with E-state index in [2.05, 4.69) is 0 Å². The Labute approximate surface area is 170 Å². The monoisotopic (exact) mass is 407 g/mol. The van der Waals surface area contributed by atoms with Crippen LogP contribution < -0.4 is 4.74 Å². The van der Waals surface area contributed by atoms with Crippen LogP contribution in [0.25, 0.3) is 0 Å².